The van der Waals surface area contributed by atoms with Crippen LogP contribution in [-0.2, 0) is 4.74 Å². The van der Waals surface area contributed by atoms with E-state index in [0.29, 0.717) is 12.1 Å². The van der Waals surface area contributed by atoms with Crippen LogP contribution < -0.4 is 5.32 Å². The third-order valence-corrected chi connectivity index (χ3v) is 3.73. The smallest absolute Gasteiger partial charge is 0.0934 e. The van der Waals surface area contributed by atoms with Crippen LogP contribution in [0.15, 0.2) is 30.5 Å². The number of hydrogen-bond donors (Lipinski definition) is 1. The van der Waals surface area contributed by atoms with E-state index in [2.05, 4.69) is 17.2 Å². The van der Waals surface area contributed by atoms with Gasteiger partial charge in [0.15, 0.2) is 0 Å². The second-order valence-electron chi connectivity index (χ2n) is 5.08. The summed E-state index contributed by atoms with van der Waals surface area (Å²) in [7, 11) is 0. The Hall–Kier alpha value is -1.32. The van der Waals surface area contributed by atoms with Gasteiger partial charge in [-0.1, -0.05) is 17.7 Å². The van der Waals surface area contributed by atoms with Gasteiger partial charge in [0.05, 0.1) is 17.3 Å². The number of benzene rings is 1. The van der Waals surface area contributed by atoms with Crippen LogP contribution in [0.4, 0.5) is 5.69 Å². The highest BCUT2D eigenvalue weighted by molar-refractivity contribution is 6.31. The van der Waals surface area contributed by atoms with Crippen LogP contribution >= 0.6 is 11.6 Å². The Morgan fingerprint density at radius 1 is 1.42 bits per heavy atom. The lowest BCUT2D eigenvalue weighted by Gasteiger charge is -2.29. The number of nitrogens with zero attached hydrogens (tertiary/aromatic N) is 1. The normalized spacial score (nSPS) is 23.5. The maximum absolute atomic E-state index is 6.18. The number of ether oxygens (including phenoxy) is 1. The standard InChI is InChI=1S/C15H17ClN2O/c1-10-7-13(4-6-19-10)18-14-9-12(16)8-11-3-2-5-17-15(11)14/h2-3,5,8-10,13,18H,4,6-7H2,1H3. The molecule has 0 spiro atoms. The summed E-state index contributed by atoms with van der Waals surface area (Å²) >= 11 is 6.18. The SMILES string of the molecule is CC1CC(Nc2cc(Cl)cc3cccnc23)CCO1. The van der Waals surface area contributed by atoms with Crippen molar-refractivity contribution in [2.24, 2.45) is 0 Å². The number of hydrogen-bond acceptors (Lipinski definition) is 3. The predicted octanol–water partition coefficient (Wildman–Crippen LogP) is 3.87. The lowest BCUT2D eigenvalue weighted by molar-refractivity contribution is 0.0232. The van der Waals surface area contributed by atoms with Gasteiger partial charge in [-0.3, -0.25) is 4.98 Å². The van der Waals surface area contributed by atoms with Crippen LogP contribution in [0.3, 0.4) is 0 Å². The van der Waals surface area contributed by atoms with Crippen molar-refractivity contribution in [3.8, 4) is 0 Å². The van der Waals surface area contributed by atoms with Crippen molar-refractivity contribution >= 4 is 28.2 Å². The summed E-state index contributed by atoms with van der Waals surface area (Å²) in [5.74, 6) is 0. The Balaban J connectivity index is 1.91. The molecule has 1 fully saturated rings. The predicted molar refractivity (Wildman–Crippen MR) is 78.8 cm³/mol. The Labute approximate surface area is 117 Å². The molecule has 100 valence electrons. The fourth-order valence-electron chi connectivity index (χ4n) is 2.61. The van der Waals surface area contributed by atoms with Crippen LogP contribution in [0.25, 0.3) is 10.9 Å². The first-order valence-corrected chi connectivity index (χ1v) is 7.02. The van der Waals surface area contributed by atoms with Gasteiger partial charge in [-0.15, -0.1) is 0 Å². The van der Waals surface area contributed by atoms with E-state index in [1.807, 2.05) is 30.5 Å². The van der Waals surface area contributed by atoms with Gasteiger partial charge in [0.1, 0.15) is 0 Å². The topological polar surface area (TPSA) is 34.2 Å². The molecule has 19 heavy (non-hydrogen) atoms. The third-order valence-electron chi connectivity index (χ3n) is 3.51. The van der Waals surface area contributed by atoms with E-state index in [9.17, 15) is 0 Å². The largest absolute Gasteiger partial charge is 0.380 e. The van der Waals surface area contributed by atoms with Crippen molar-refractivity contribution in [1.29, 1.82) is 0 Å². The van der Waals surface area contributed by atoms with Crippen molar-refractivity contribution in [1.82, 2.24) is 4.98 Å². The molecule has 2 aromatic rings. The minimum atomic E-state index is 0.310. The number of pyridine rings is 1. The molecule has 0 amide bonds. The molecular formula is C15H17ClN2O. The summed E-state index contributed by atoms with van der Waals surface area (Å²) in [6.07, 6.45) is 4.16. The molecule has 1 aromatic heterocycles. The molecule has 4 heteroatoms. The maximum atomic E-state index is 6.18. The van der Waals surface area contributed by atoms with E-state index in [1.54, 1.807) is 0 Å². The third kappa shape index (κ3) is 2.82. The first-order chi connectivity index (χ1) is 9.22. The Morgan fingerprint density at radius 3 is 3.16 bits per heavy atom. The average molecular weight is 277 g/mol. The molecule has 1 N–H and O–H groups in total. The fourth-order valence-corrected chi connectivity index (χ4v) is 2.84. The molecule has 0 saturated carbocycles. The van der Waals surface area contributed by atoms with Crippen molar-refractivity contribution < 1.29 is 4.74 Å². The molecule has 2 unspecified atom stereocenters. The molecule has 2 heterocycles. The molecule has 3 rings (SSSR count). The highest BCUT2D eigenvalue weighted by Gasteiger charge is 2.20. The van der Waals surface area contributed by atoms with Crippen molar-refractivity contribution in [2.45, 2.75) is 31.9 Å². The molecule has 2 atom stereocenters. The van der Waals surface area contributed by atoms with Gasteiger partial charge in [-0.05, 0) is 38.0 Å². The van der Waals surface area contributed by atoms with Gasteiger partial charge in [0.25, 0.3) is 0 Å². The molecule has 0 bridgehead atoms. The summed E-state index contributed by atoms with van der Waals surface area (Å²) in [6, 6.07) is 8.29. The number of nitrogens with one attached hydrogen (secondary N) is 1. The molecular weight excluding hydrogens is 260 g/mol. The van der Waals surface area contributed by atoms with Gasteiger partial charge in [0.2, 0.25) is 0 Å². The second kappa shape index (κ2) is 5.35. The van der Waals surface area contributed by atoms with Gasteiger partial charge in [-0.25, -0.2) is 0 Å². The molecule has 1 saturated heterocycles. The van der Waals surface area contributed by atoms with E-state index >= 15 is 0 Å². The maximum Gasteiger partial charge on any atom is 0.0934 e. The zero-order valence-electron chi connectivity index (χ0n) is 10.9. The molecule has 1 aliphatic heterocycles. The number of anilines is 1. The van der Waals surface area contributed by atoms with Crippen molar-refractivity contribution in [2.75, 3.05) is 11.9 Å². The summed E-state index contributed by atoms with van der Waals surface area (Å²) in [5, 5.41) is 5.37. The van der Waals surface area contributed by atoms with E-state index < -0.39 is 0 Å². The Morgan fingerprint density at radius 2 is 2.32 bits per heavy atom. The lowest BCUT2D eigenvalue weighted by Crippen LogP contribution is -2.32. The van der Waals surface area contributed by atoms with E-state index in [-0.39, 0.29) is 0 Å². The molecule has 0 aliphatic carbocycles. The Bertz CT molecular complexity index is 587. The lowest BCUT2D eigenvalue weighted by atomic mass is 10.0. The van der Waals surface area contributed by atoms with Crippen molar-refractivity contribution in [3.63, 3.8) is 0 Å². The highest BCUT2D eigenvalue weighted by Crippen LogP contribution is 2.28. The zero-order valence-corrected chi connectivity index (χ0v) is 11.7. The van der Waals surface area contributed by atoms with E-state index in [1.165, 1.54) is 0 Å². The summed E-state index contributed by atoms with van der Waals surface area (Å²) < 4.78 is 5.58. The first-order valence-electron chi connectivity index (χ1n) is 6.65. The monoisotopic (exact) mass is 276 g/mol. The van der Waals surface area contributed by atoms with Gasteiger partial charge in [0, 0.05) is 29.3 Å². The minimum absolute atomic E-state index is 0.310. The molecule has 1 aliphatic rings. The first kappa shape index (κ1) is 12.7. The number of aromatic nitrogens is 1. The number of fused-ring (bicyclic) bond motifs is 1. The zero-order chi connectivity index (χ0) is 13.2. The van der Waals surface area contributed by atoms with Gasteiger partial charge in [-0.2, -0.15) is 0 Å². The fraction of sp³-hybridized carbons (Fsp3) is 0.400. The Kier molecular flexibility index (Phi) is 3.58. The van der Waals surface area contributed by atoms with E-state index in [4.69, 9.17) is 16.3 Å². The van der Waals surface area contributed by atoms with Crippen LogP contribution in [-0.4, -0.2) is 23.7 Å². The van der Waals surface area contributed by atoms with Gasteiger partial charge < -0.3 is 10.1 Å². The summed E-state index contributed by atoms with van der Waals surface area (Å²) in [5.41, 5.74) is 1.99. The van der Waals surface area contributed by atoms with Gasteiger partial charge >= 0.3 is 0 Å². The highest BCUT2D eigenvalue weighted by atomic mass is 35.5. The van der Waals surface area contributed by atoms with Crippen molar-refractivity contribution in [3.05, 3.63) is 35.5 Å². The molecule has 1 aromatic carbocycles. The minimum Gasteiger partial charge on any atom is -0.380 e. The van der Waals surface area contributed by atoms with Crippen LogP contribution in [0.5, 0.6) is 0 Å². The molecule has 3 nitrogen and oxygen atoms in total. The summed E-state index contributed by atoms with van der Waals surface area (Å²) in [6.45, 7) is 2.92. The summed E-state index contributed by atoms with van der Waals surface area (Å²) in [4.78, 5) is 4.45. The molecule has 0 radical (unpaired) electrons. The van der Waals surface area contributed by atoms with Crippen LogP contribution in [0, 0.1) is 0 Å². The van der Waals surface area contributed by atoms with Crippen LogP contribution in [0.1, 0.15) is 19.8 Å². The number of rotatable bonds is 2. The quantitative estimate of drug-likeness (QED) is 0.904. The van der Waals surface area contributed by atoms with E-state index in [0.717, 1.165) is 41.1 Å². The number of halogens is 1. The average Bonchev–Trinajstić information content (AvgIpc) is 2.38. The van der Waals surface area contributed by atoms with Crippen LogP contribution in [0.2, 0.25) is 5.02 Å². The second-order valence-corrected chi connectivity index (χ2v) is 5.51.